The molecule has 192 valence electrons. The fourth-order valence-corrected chi connectivity index (χ4v) is 2.89. The number of hydroxylamine groups is 1. The van der Waals surface area contributed by atoms with Crippen molar-refractivity contribution in [2.24, 2.45) is 28.3 Å². The molecule has 0 aliphatic heterocycles. The number of nitrogens with one attached hydrogen (secondary N) is 3. The quantitative estimate of drug-likeness (QED) is 0.0652. The highest BCUT2D eigenvalue weighted by molar-refractivity contribution is 7.79. The van der Waals surface area contributed by atoms with Crippen LogP contribution in [0.3, 0.4) is 0 Å². The van der Waals surface area contributed by atoms with Gasteiger partial charge in [-0.05, 0) is 30.0 Å². The molecule has 0 unspecified atom stereocenters. The van der Waals surface area contributed by atoms with Crippen molar-refractivity contribution in [1.29, 1.82) is 0 Å². The van der Waals surface area contributed by atoms with Crippen LogP contribution in [-0.4, -0.2) is 59.5 Å². The van der Waals surface area contributed by atoms with Gasteiger partial charge in [-0.1, -0.05) is 26.0 Å². The van der Waals surface area contributed by atoms with Crippen LogP contribution >= 0.6 is 0 Å². The van der Waals surface area contributed by atoms with Gasteiger partial charge in [0.2, 0.25) is 17.7 Å². The molecule has 0 radical (unpaired) electrons. The van der Waals surface area contributed by atoms with Gasteiger partial charge in [0.1, 0.15) is 6.04 Å². The van der Waals surface area contributed by atoms with Crippen LogP contribution in [0.1, 0.15) is 32.3 Å². The van der Waals surface area contributed by atoms with E-state index >= 15 is 0 Å². The summed E-state index contributed by atoms with van der Waals surface area (Å²) >= 11 is 0. The Kier molecular flexibility index (Phi) is 13.4. The summed E-state index contributed by atoms with van der Waals surface area (Å²) in [6.45, 7) is 3.84. The van der Waals surface area contributed by atoms with Gasteiger partial charge < -0.3 is 22.1 Å². The molecule has 0 bridgehead atoms. The molecule has 0 saturated carbocycles. The molecule has 34 heavy (non-hydrogen) atoms. The molecule has 15 heteroatoms. The normalized spacial score (nSPS) is 12.4. The zero-order chi connectivity index (χ0) is 26.5. The Labute approximate surface area is 197 Å². The van der Waals surface area contributed by atoms with E-state index in [2.05, 4.69) is 15.6 Å². The first-order valence-electron chi connectivity index (χ1n) is 9.99. The van der Waals surface area contributed by atoms with Gasteiger partial charge in [0.15, 0.2) is 5.96 Å². The number of amides is 3. The SMILES string of the molecule is CNC(=O)[C@H](Cc1ccc(N=C(N)N)cc1)NC(=O)[C@@H](CC(=O)NO)CC(C)C.O=S(=O)(O)O. The van der Waals surface area contributed by atoms with Crippen molar-refractivity contribution in [2.75, 3.05) is 7.05 Å². The van der Waals surface area contributed by atoms with E-state index in [1.165, 1.54) is 7.05 Å². The van der Waals surface area contributed by atoms with Crippen LogP contribution in [0.25, 0.3) is 0 Å². The number of guanidine groups is 1. The van der Waals surface area contributed by atoms with Crippen molar-refractivity contribution in [3.8, 4) is 0 Å². The number of nitrogens with two attached hydrogens (primary N) is 2. The molecule has 14 nitrogen and oxygen atoms in total. The van der Waals surface area contributed by atoms with Gasteiger partial charge in [-0.15, -0.1) is 0 Å². The molecule has 1 aromatic rings. The minimum absolute atomic E-state index is 0.0589. The summed E-state index contributed by atoms with van der Waals surface area (Å²) in [6.07, 6.45) is 0.509. The summed E-state index contributed by atoms with van der Waals surface area (Å²) in [4.78, 5) is 40.5. The molecule has 10 N–H and O–H groups in total. The fourth-order valence-electron chi connectivity index (χ4n) is 2.89. The second-order valence-electron chi connectivity index (χ2n) is 7.60. The highest BCUT2D eigenvalue weighted by Crippen LogP contribution is 2.17. The van der Waals surface area contributed by atoms with E-state index in [-0.39, 0.29) is 30.6 Å². The van der Waals surface area contributed by atoms with Crippen molar-refractivity contribution < 1.29 is 37.1 Å². The highest BCUT2D eigenvalue weighted by Gasteiger charge is 2.27. The predicted octanol–water partition coefficient (Wildman–Crippen LogP) is -0.730. The van der Waals surface area contributed by atoms with Crippen molar-refractivity contribution in [3.05, 3.63) is 29.8 Å². The standard InChI is InChI=1S/C19H30N6O4.H2O4S/c1-11(2)8-13(10-16(26)25-29)17(27)24-15(18(28)22-3)9-12-4-6-14(7-5-12)23-19(20)21;1-5(2,3)4/h4-7,11,13,15,29H,8-10H2,1-3H3,(H,22,28)(H,24,27)(H,25,26)(H4,20,21,23);(H2,1,2,3,4)/t13-,15+;/m1./s1. The van der Waals surface area contributed by atoms with E-state index < -0.39 is 34.2 Å². The summed E-state index contributed by atoms with van der Waals surface area (Å²) in [7, 11) is -3.19. The zero-order valence-corrected chi connectivity index (χ0v) is 19.9. The summed E-state index contributed by atoms with van der Waals surface area (Å²) in [5.74, 6) is -2.01. The van der Waals surface area contributed by atoms with Crippen LogP contribution in [-0.2, 0) is 31.2 Å². The number of carbonyl (C=O) groups excluding carboxylic acids is 3. The molecule has 0 saturated heterocycles. The van der Waals surface area contributed by atoms with Gasteiger partial charge >= 0.3 is 10.4 Å². The Morgan fingerprint density at radius 1 is 1.06 bits per heavy atom. The molecule has 0 aromatic heterocycles. The third-order valence-electron chi connectivity index (χ3n) is 4.20. The number of likely N-dealkylation sites (N-methyl/N-ethyl adjacent to an activating group) is 1. The Bertz CT molecular complexity index is 938. The lowest BCUT2D eigenvalue weighted by atomic mass is 9.92. The topological polar surface area (TPSA) is 247 Å². The Balaban J connectivity index is 0.00000196. The van der Waals surface area contributed by atoms with E-state index in [1.807, 2.05) is 13.8 Å². The number of hydrogen-bond acceptors (Lipinski definition) is 7. The number of hydrogen-bond donors (Lipinski definition) is 8. The first kappa shape index (κ1) is 30.7. The molecule has 1 aromatic carbocycles. The third-order valence-corrected chi connectivity index (χ3v) is 4.20. The van der Waals surface area contributed by atoms with Crippen LogP contribution in [0.15, 0.2) is 29.3 Å². The molecule has 2 atom stereocenters. The maximum Gasteiger partial charge on any atom is 0.394 e. The smallest absolute Gasteiger partial charge is 0.370 e. The summed E-state index contributed by atoms with van der Waals surface area (Å²) in [5.41, 5.74) is 13.6. The lowest BCUT2D eigenvalue weighted by molar-refractivity contribution is -0.136. The maximum absolute atomic E-state index is 12.7. The van der Waals surface area contributed by atoms with Crippen LogP contribution in [0, 0.1) is 11.8 Å². The molecule has 0 heterocycles. The zero-order valence-electron chi connectivity index (χ0n) is 19.1. The number of benzene rings is 1. The van der Waals surface area contributed by atoms with Crippen LogP contribution < -0.4 is 27.6 Å². The molecular formula is C19H32N6O8S. The van der Waals surface area contributed by atoms with Gasteiger partial charge in [0.25, 0.3) is 0 Å². The lowest BCUT2D eigenvalue weighted by Gasteiger charge is -2.22. The van der Waals surface area contributed by atoms with E-state index in [4.69, 9.17) is 34.2 Å². The molecule has 0 fully saturated rings. The highest BCUT2D eigenvalue weighted by atomic mass is 32.3. The van der Waals surface area contributed by atoms with Gasteiger partial charge in [-0.2, -0.15) is 8.42 Å². The molecule has 1 rings (SSSR count). The average molecular weight is 505 g/mol. The summed E-state index contributed by atoms with van der Waals surface area (Å²) in [5, 5.41) is 14.0. The van der Waals surface area contributed by atoms with Crippen molar-refractivity contribution >= 4 is 39.8 Å². The number of aliphatic imine (C=N–C) groups is 1. The van der Waals surface area contributed by atoms with Crippen molar-refractivity contribution in [3.63, 3.8) is 0 Å². The third kappa shape index (κ3) is 14.7. The second kappa shape index (κ2) is 14.8. The Morgan fingerprint density at radius 3 is 2.00 bits per heavy atom. The van der Waals surface area contributed by atoms with Crippen LogP contribution in [0.4, 0.5) is 5.69 Å². The molecule has 0 spiro atoms. The monoisotopic (exact) mass is 504 g/mol. The fraction of sp³-hybridized carbons (Fsp3) is 0.474. The van der Waals surface area contributed by atoms with E-state index in [0.29, 0.717) is 12.1 Å². The largest absolute Gasteiger partial charge is 0.394 e. The summed E-state index contributed by atoms with van der Waals surface area (Å²) < 4.78 is 31.6. The number of carbonyl (C=O) groups is 3. The van der Waals surface area contributed by atoms with E-state index in [9.17, 15) is 14.4 Å². The van der Waals surface area contributed by atoms with Gasteiger partial charge in [-0.25, -0.2) is 10.5 Å². The van der Waals surface area contributed by atoms with Crippen molar-refractivity contribution in [1.82, 2.24) is 16.1 Å². The van der Waals surface area contributed by atoms with Crippen LogP contribution in [0.2, 0.25) is 0 Å². The number of nitrogens with zero attached hydrogens (tertiary/aromatic N) is 1. The van der Waals surface area contributed by atoms with E-state index in [1.54, 1.807) is 29.7 Å². The minimum Gasteiger partial charge on any atom is -0.370 e. The van der Waals surface area contributed by atoms with Crippen LogP contribution in [0.5, 0.6) is 0 Å². The Morgan fingerprint density at radius 2 is 1.59 bits per heavy atom. The first-order chi connectivity index (χ1) is 15.7. The molecule has 0 aliphatic rings. The molecule has 0 aliphatic carbocycles. The second-order valence-corrected chi connectivity index (χ2v) is 8.49. The Hall–Kier alpha value is -3.27. The van der Waals surface area contributed by atoms with Gasteiger partial charge in [0, 0.05) is 25.8 Å². The summed E-state index contributed by atoms with van der Waals surface area (Å²) in [6, 6.07) is 6.09. The van der Waals surface area contributed by atoms with Gasteiger partial charge in [0.05, 0.1) is 5.69 Å². The minimum atomic E-state index is -4.67. The maximum atomic E-state index is 12.7. The average Bonchev–Trinajstić information content (AvgIpc) is 2.71. The molecule has 3 amide bonds. The van der Waals surface area contributed by atoms with Gasteiger partial charge in [-0.3, -0.25) is 28.7 Å². The van der Waals surface area contributed by atoms with Crippen molar-refractivity contribution in [2.45, 2.75) is 39.2 Å². The predicted molar refractivity (Wildman–Crippen MR) is 123 cm³/mol. The first-order valence-corrected chi connectivity index (χ1v) is 11.4. The molecular weight excluding hydrogens is 472 g/mol. The number of rotatable bonds is 10. The lowest BCUT2D eigenvalue weighted by Crippen LogP contribution is -2.49. The van der Waals surface area contributed by atoms with E-state index in [0.717, 1.165) is 5.56 Å².